The Morgan fingerprint density at radius 1 is 1.18 bits per heavy atom. The van der Waals surface area contributed by atoms with Crippen LogP contribution in [0.15, 0.2) is 62.6 Å². The van der Waals surface area contributed by atoms with Gasteiger partial charge in [0.05, 0.1) is 15.8 Å². The summed E-state index contributed by atoms with van der Waals surface area (Å²) in [5.74, 6) is -1.98. The highest BCUT2D eigenvalue weighted by Crippen LogP contribution is 2.44. The normalized spacial score (nSPS) is 15.7. The summed E-state index contributed by atoms with van der Waals surface area (Å²) >= 11 is 1.03. The second kappa shape index (κ2) is 9.24. The molecule has 1 unspecified atom stereocenters. The summed E-state index contributed by atoms with van der Waals surface area (Å²) in [7, 11) is 0. The quantitative estimate of drug-likeness (QED) is 0.373. The number of fused-ring (bicyclic) bond motifs is 1. The largest absolute Gasteiger partial charge is 0.503 e. The van der Waals surface area contributed by atoms with Crippen molar-refractivity contribution in [3.8, 4) is 0 Å². The lowest BCUT2D eigenvalue weighted by Gasteiger charge is -2.22. The third kappa shape index (κ3) is 3.91. The highest BCUT2D eigenvalue weighted by atomic mass is 32.1. The average molecular weight is 485 g/mol. The maximum atomic E-state index is 13.7. The second-order valence-electron chi connectivity index (χ2n) is 7.15. The van der Waals surface area contributed by atoms with Crippen LogP contribution in [0.3, 0.4) is 0 Å². The van der Waals surface area contributed by atoms with Crippen molar-refractivity contribution in [1.29, 1.82) is 0 Å². The van der Waals surface area contributed by atoms with Gasteiger partial charge in [0.2, 0.25) is 5.78 Å². The molecule has 0 spiro atoms. The molecule has 8 nitrogen and oxygen atoms in total. The smallest absolute Gasteiger partial charge is 0.296 e. The van der Waals surface area contributed by atoms with Gasteiger partial charge < -0.3 is 19.0 Å². The Bertz CT molecular complexity index is 1420. The van der Waals surface area contributed by atoms with Gasteiger partial charge in [-0.05, 0) is 49.4 Å². The first kappa shape index (κ1) is 23.4. The molecule has 10 heteroatoms. The number of aryl methyl sites for hydroxylation is 1. The zero-order valence-corrected chi connectivity index (χ0v) is 19.4. The first-order valence-electron chi connectivity index (χ1n) is 10.5. The monoisotopic (exact) mass is 484 g/mol. The average Bonchev–Trinajstić information content (AvgIpc) is 3.61. The summed E-state index contributed by atoms with van der Waals surface area (Å²) in [6, 6.07) is 8.89. The van der Waals surface area contributed by atoms with E-state index in [0.29, 0.717) is 16.0 Å². The summed E-state index contributed by atoms with van der Waals surface area (Å²) in [4.78, 5) is 31.8. The van der Waals surface area contributed by atoms with E-state index in [2.05, 4.69) is 4.98 Å². The number of halogens is 1. The molecule has 3 aromatic heterocycles. The Labute approximate surface area is 197 Å². The number of thiazole rings is 1. The number of benzene rings is 1. The van der Waals surface area contributed by atoms with Gasteiger partial charge in [0.15, 0.2) is 16.7 Å². The number of hydrogen-bond acceptors (Lipinski definition) is 8. The Morgan fingerprint density at radius 3 is 2.59 bits per heavy atom. The van der Waals surface area contributed by atoms with Crippen LogP contribution in [0.2, 0.25) is 0 Å². The van der Waals surface area contributed by atoms with E-state index in [9.17, 15) is 24.2 Å². The third-order valence-corrected chi connectivity index (χ3v) is 6.09. The van der Waals surface area contributed by atoms with Gasteiger partial charge in [-0.3, -0.25) is 14.5 Å². The lowest BCUT2D eigenvalue weighted by molar-refractivity contribution is -0.117. The molecule has 0 bridgehead atoms. The Hall–Kier alpha value is -3.76. The molecule has 1 amide bonds. The van der Waals surface area contributed by atoms with Crippen molar-refractivity contribution in [1.82, 2.24) is 4.98 Å². The molecule has 4 heterocycles. The topological polar surface area (TPSA) is 117 Å². The number of Topliss-reactive ketones (excluding diaryl/α,β-unsaturated/α-hetero) is 1. The van der Waals surface area contributed by atoms with Crippen molar-refractivity contribution >= 4 is 38.4 Å². The minimum atomic E-state index is -1.16. The van der Waals surface area contributed by atoms with E-state index in [0.717, 1.165) is 16.2 Å². The molecule has 1 atom stereocenters. The fraction of sp³-hybridized carbons (Fsp3) is 0.208. The van der Waals surface area contributed by atoms with Crippen molar-refractivity contribution in [2.45, 2.75) is 33.4 Å². The summed E-state index contributed by atoms with van der Waals surface area (Å²) in [6.45, 7) is 5.27. The number of hydrogen-bond donors (Lipinski definition) is 2. The number of aromatic nitrogens is 1. The maximum absolute atomic E-state index is 13.7. The van der Waals surface area contributed by atoms with Crippen LogP contribution < -0.4 is 4.90 Å². The lowest BCUT2D eigenvalue weighted by Crippen LogP contribution is -2.30. The first-order chi connectivity index (χ1) is 16.4. The van der Waals surface area contributed by atoms with Crippen molar-refractivity contribution in [3.05, 3.63) is 82.7 Å². The van der Waals surface area contributed by atoms with Crippen molar-refractivity contribution in [3.63, 3.8) is 0 Å². The number of furan rings is 2. The molecule has 176 valence electrons. The van der Waals surface area contributed by atoms with Crippen molar-refractivity contribution < 1.29 is 33.0 Å². The van der Waals surface area contributed by atoms with E-state index in [4.69, 9.17) is 8.83 Å². The third-order valence-electron chi connectivity index (χ3n) is 5.07. The van der Waals surface area contributed by atoms with Crippen LogP contribution in [-0.4, -0.2) is 26.9 Å². The van der Waals surface area contributed by atoms with E-state index < -0.39 is 35.9 Å². The number of aliphatic hydroxyl groups is 2. The molecule has 1 aliphatic rings. The van der Waals surface area contributed by atoms with Crippen LogP contribution in [0.4, 0.5) is 9.52 Å². The number of ketones is 1. The fourth-order valence-electron chi connectivity index (χ4n) is 3.61. The van der Waals surface area contributed by atoms with Gasteiger partial charge >= 0.3 is 0 Å². The fourth-order valence-corrected chi connectivity index (χ4v) is 4.63. The molecule has 2 N–H and O–H groups in total. The minimum Gasteiger partial charge on any atom is -0.503 e. The Morgan fingerprint density at radius 2 is 1.94 bits per heavy atom. The van der Waals surface area contributed by atoms with Crippen LogP contribution in [0.5, 0.6) is 0 Å². The van der Waals surface area contributed by atoms with Crippen molar-refractivity contribution in [2.24, 2.45) is 0 Å². The summed E-state index contributed by atoms with van der Waals surface area (Å²) in [6.07, 6.45) is 0. The number of rotatable bonds is 5. The number of aliphatic hydroxyl groups excluding tert-OH is 2. The number of carbonyl (C=O) groups excluding carboxylic acids is 2. The molecule has 0 saturated heterocycles. The predicted molar refractivity (Wildman–Crippen MR) is 123 cm³/mol. The summed E-state index contributed by atoms with van der Waals surface area (Å²) in [5, 5.41) is 20.2. The molecule has 0 saturated carbocycles. The Kier molecular flexibility index (Phi) is 6.36. The van der Waals surface area contributed by atoms with E-state index in [1.54, 1.807) is 13.0 Å². The highest BCUT2D eigenvalue weighted by Gasteiger charge is 2.48. The predicted octanol–water partition coefficient (Wildman–Crippen LogP) is 5.23. The minimum absolute atomic E-state index is 0.0518. The number of anilines is 1. The van der Waals surface area contributed by atoms with Gasteiger partial charge in [-0.25, -0.2) is 9.37 Å². The molecule has 1 aliphatic heterocycles. The van der Waals surface area contributed by atoms with Gasteiger partial charge in [0, 0.05) is 0 Å². The van der Waals surface area contributed by atoms with Crippen LogP contribution >= 0.6 is 11.3 Å². The van der Waals surface area contributed by atoms with Gasteiger partial charge in [-0.15, -0.1) is 0 Å². The molecule has 34 heavy (non-hydrogen) atoms. The molecule has 0 fully saturated rings. The molecular formula is C24H21FN2O6S. The van der Waals surface area contributed by atoms with Gasteiger partial charge in [-0.1, -0.05) is 25.2 Å². The van der Waals surface area contributed by atoms with Crippen LogP contribution in [0, 0.1) is 12.7 Å². The molecule has 1 aromatic carbocycles. The van der Waals surface area contributed by atoms with Gasteiger partial charge in [0.1, 0.15) is 35.7 Å². The number of amides is 1. The Balaban J connectivity index is 0.00000133. The highest BCUT2D eigenvalue weighted by molar-refractivity contribution is 7.22. The molecular weight excluding hydrogens is 463 g/mol. The second-order valence-corrected chi connectivity index (χ2v) is 8.16. The summed E-state index contributed by atoms with van der Waals surface area (Å²) in [5.41, 5.74) is 0.211. The molecule has 5 rings (SSSR count). The van der Waals surface area contributed by atoms with Crippen LogP contribution in [0.1, 0.15) is 47.7 Å². The zero-order chi connectivity index (χ0) is 24.6. The van der Waals surface area contributed by atoms with Gasteiger partial charge in [0.25, 0.3) is 5.91 Å². The first-order valence-corrected chi connectivity index (χ1v) is 11.3. The molecule has 0 radical (unpaired) electrons. The summed E-state index contributed by atoms with van der Waals surface area (Å²) < 4.78 is 25.2. The van der Waals surface area contributed by atoms with E-state index in [1.165, 1.54) is 36.4 Å². The zero-order valence-electron chi connectivity index (χ0n) is 18.5. The van der Waals surface area contributed by atoms with E-state index >= 15 is 0 Å². The maximum Gasteiger partial charge on any atom is 0.296 e. The van der Waals surface area contributed by atoms with Crippen molar-refractivity contribution in [2.75, 3.05) is 4.90 Å². The van der Waals surface area contributed by atoms with Crippen LogP contribution in [-0.2, 0) is 11.4 Å². The van der Waals surface area contributed by atoms with E-state index in [-0.39, 0.29) is 28.0 Å². The van der Waals surface area contributed by atoms with E-state index in [1.807, 2.05) is 13.8 Å². The number of nitrogens with zero attached hydrogens (tertiary/aromatic N) is 2. The molecule has 4 aromatic rings. The standard InChI is InChI=1S/C22H15FN2O6S.C2H6/c1-10-2-6-15(30-10)19(27)17-18(14-7-4-12(9-26)31-14)25(21(29)20(17)28)22-24-13-5-3-11(23)8-16(13)32-22;1-2/h2-8,18,26,28H,9H2,1H3;1-2H3. The lowest BCUT2D eigenvalue weighted by atomic mass is 10.00. The van der Waals surface area contributed by atoms with Gasteiger partial charge in [-0.2, -0.15) is 0 Å². The van der Waals surface area contributed by atoms with Crippen LogP contribution in [0.25, 0.3) is 10.2 Å². The molecule has 0 aliphatic carbocycles. The SMILES string of the molecule is CC.Cc1ccc(C(=O)C2=C(O)C(=O)N(c3nc4ccc(F)cc4s3)C2c2ccc(CO)o2)o1. The number of carbonyl (C=O) groups is 2.